The first-order valence-electron chi connectivity index (χ1n) is 6.72. The number of aromatic amines is 1. The summed E-state index contributed by atoms with van der Waals surface area (Å²) in [5.74, 6) is 0.797. The number of nitrogens with one attached hydrogen (secondary N) is 1. The number of hydrogen-bond donors (Lipinski definition) is 1. The number of aryl methyl sites for hydroxylation is 3. The summed E-state index contributed by atoms with van der Waals surface area (Å²) in [7, 11) is 3.48. The third-order valence-corrected chi connectivity index (χ3v) is 3.59. The van der Waals surface area contributed by atoms with Crippen molar-refractivity contribution in [2.24, 2.45) is 7.05 Å². The number of ether oxygens (including phenoxy) is 1. The summed E-state index contributed by atoms with van der Waals surface area (Å²) < 4.78 is 7.04. The Balaban J connectivity index is 2.36. The third kappa shape index (κ3) is 2.20. The Hall–Kier alpha value is -2.56. The lowest BCUT2D eigenvalue weighted by Crippen LogP contribution is -2.06. The molecule has 108 valence electrons. The van der Waals surface area contributed by atoms with Crippen molar-refractivity contribution in [3.63, 3.8) is 0 Å². The Morgan fingerprint density at radius 1 is 1.19 bits per heavy atom. The zero-order valence-corrected chi connectivity index (χ0v) is 12.5. The van der Waals surface area contributed by atoms with Gasteiger partial charge in [-0.2, -0.15) is 5.10 Å². The van der Waals surface area contributed by atoms with Gasteiger partial charge in [0.2, 0.25) is 5.56 Å². The second kappa shape index (κ2) is 4.77. The van der Waals surface area contributed by atoms with Crippen LogP contribution >= 0.6 is 0 Å². The van der Waals surface area contributed by atoms with Gasteiger partial charge >= 0.3 is 0 Å². The predicted octanol–water partition coefficient (Wildman–Crippen LogP) is 2.55. The van der Waals surface area contributed by atoms with Gasteiger partial charge in [-0.15, -0.1) is 0 Å². The number of hydrogen-bond acceptors (Lipinski definition) is 3. The van der Waals surface area contributed by atoms with Crippen molar-refractivity contribution < 1.29 is 4.74 Å². The van der Waals surface area contributed by atoms with E-state index in [9.17, 15) is 4.79 Å². The molecule has 3 aromatic rings. The molecule has 2 aromatic heterocycles. The van der Waals surface area contributed by atoms with Gasteiger partial charge in [0, 0.05) is 24.1 Å². The average molecular weight is 283 g/mol. The van der Waals surface area contributed by atoms with E-state index in [4.69, 9.17) is 4.74 Å². The lowest BCUT2D eigenvalue weighted by molar-refractivity contribution is 0.414. The number of H-pyrrole nitrogens is 1. The normalized spacial score (nSPS) is 11.0. The molecule has 0 saturated carbocycles. The number of benzene rings is 1. The van der Waals surface area contributed by atoms with Gasteiger partial charge in [0.25, 0.3) is 0 Å². The van der Waals surface area contributed by atoms with E-state index in [0.717, 1.165) is 39.2 Å². The monoisotopic (exact) mass is 283 g/mol. The fourth-order valence-electron chi connectivity index (χ4n) is 2.67. The van der Waals surface area contributed by atoms with Gasteiger partial charge in [-0.1, -0.05) is 0 Å². The molecule has 5 heteroatoms. The molecule has 0 unspecified atom stereocenters. The topological polar surface area (TPSA) is 59.9 Å². The molecule has 0 fully saturated rings. The molecule has 21 heavy (non-hydrogen) atoms. The third-order valence-electron chi connectivity index (χ3n) is 3.59. The molecular weight excluding hydrogens is 266 g/mol. The molecule has 0 aliphatic carbocycles. The van der Waals surface area contributed by atoms with Gasteiger partial charge in [-0.25, -0.2) is 0 Å². The van der Waals surface area contributed by atoms with E-state index in [2.05, 4.69) is 16.1 Å². The van der Waals surface area contributed by atoms with Crippen LogP contribution in [0.2, 0.25) is 0 Å². The quantitative estimate of drug-likeness (QED) is 0.786. The zero-order chi connectivity index (χ0) is 15.1. The molecule has 3 rings (SSSR count). The number of aromatic nitrogens is 3. The summed E-state index contributed by atoms with van der Waals surface area (Å²) in [6.07, 6.45) is 0. The minimum Gasteiger partial charge on any atom is -0.497 e. The van der Waals surface area contributed by atoms with Crippen LogP contribution < -0.4 is 10.3 Å². The summed E-state index contributed by atoms with van der Waals surface area (Å²) in [6, 6.07) is 7.60. The van der Waals surface area contributed by atoms with Crippen LogP contribution in [-0.2, 0) is 7.05 Å². The van der Waals surface area contributed by atoms with E-state index < -0.39 is 0 Å². The molecule has 5 nitrogen and oxygen atoms in total. The Bertz CT molecular complexity index is 890. The molecule has 0 radical (unpaired) electrons. The smallest absolute Gasteiger partial charge is 0.249 e. The maximum Gasteiger partial charge on any atom is 0.249 e. The van der Waals surface area contributed by atoms with Crippen molar-refractivity contribution in [1.29, 1.82) is 0 Å². The van der Waals surface area contributed by atoms with E-state index in [1.54, 1.807) is 17.9 Å². The minimum atomic E-state index is -0.114. The van der Waals surface area contributed by atoms with Gasteiger partial charge in [0.1, 0.15) is 17.1 Å². The first-order valence-corrected chi connectivity index (χ1v) is 6.72. The molecule has 0 aliphatic heterocycles. The van der Waals surface area contributed by atoms with Crippen LogP contribution in [0.1, 0.15) is 11.1 Å². The molecule has 0 amide bonds. The Morgan fingerprint density at radius 2 is 1.95 bits per heavy atom. The van der Waals surface area contributed by atoms with Crippen LogP contribution in [0.25, 0.3) is 22.3 Å². The predicted molar refractivity (Wildman–Crippen MR) is 82.8 cm³/mol. The molecular formula is C16H17N3O2. The van der Waals surface area contributed by atoms with E-state index in [0.29, 0.717) is 0 Å². The highest BCUT2D eigenvalue weighted by Gasteiger charge is 2.15. The fraction of sp³-hybridized carbons (Fsp3) is 0.250. The number of methoxy groups -OCH3 is 1. The zero-order valence-electron chi connectivity index (χ0n) is 12.5. The lowest BCUT2D eigenvalue weighted by Gasteiger charge is -2.06. The molecule has 0 aliphatic rings. The van der Waals surface area contributed by atoms with Crippen LogP contribution in [0.15, 0.2) is 29.1 Å². The SMILES string of the molecule is COc1cc(C)cc(-c2nn(C)c3[nH]c(=O)cc(C)c23)c1. The first-order chi connectivity index (χ1) is 9.99. The van der Waals surface area contributed by atoms with Crippen molar-refractivity contribution in [3.8, 4) is 17.0 Å². The Labute approximate surface area is 122 Å². The van der Waals surface area contributed by atoms with E-state index >= 15 is 0 Å². The van der Waals surface area contributed by atoms with Gasteiger partial charge in [-0.3, -0.25) is 9.48 Å². The highest BCUT2D eigenvalue weighted by Crippen LogP contribution is 2.31. The standard InChI is InChI=1S/C16H17N3O2/c1-9-5-11(8-12(6-9)21-4)15-14-10(2)7-13(20)17-16(14)19(3)18-15/h5-8H,1-4H3,(H,17,20). The van der Waals surface area contributed by atoms with Gasteiger partial charge < -0.3 is 9.72 Å². The maximum atomic E-state index is 11.6. The molecule has 0 bridgehead atoms. The van der Waals surface area contributed by atoms with E-state index in [-0.39, 0.29) is 5.56 Å². The fourth-order valence-corrected chi connectivity index (χ4v) is 2.67. The second-order valence-corrected chi connectivity index (χ2v) is 5.25. The van der Waals surface area contributed by atoms with Crippen LogP contribution in [0, 0.1) is 13.8 Å². The highest BCUT2D eigenvalue weighted by molar-refractivity contribution is 5.93. The lowest BCUT2D eigenvalue weighted by atomic mass is 10.0. The van der Waals surface area contributed by atoms with Crippen LogP contribution in [0.4, 0.5) is 0 Å². The van der Waals surface area contributed by atoms with E-state index in [1.165, 1.54) is 0 Å². The van der Waals surface area contributed by atoms with Crippen LogP contribution in [0.3, 0.4) is 0 Å². The second-order valence-electron chi connectivity index (χ2n) is 5.25. The van der Waals surface area contributed by atoms with Crippen molar-refractivity contribution in [3.05, 3.63) is 45.7 Å². The first kappa shape index (κ1) is 13.4. The van der Waals surface area contributed by atoms with Gasteiger partial charge in [0.15, 0.2) is 0 Å². The largest absolute Gasteiger partial charge is 0.497 e. The molecule has 1 aromatic carbocycles. The van der Waals surface area contributed by atoms with Crippen molar-refractivity contribution in [2.75, 3.05) is 7.11 Å². The summed E-state index contributed by atoms with van der Waals surface area (Å²) in [4.78, 5) is 14.5. The summed E-state index contributed by atoms with van der Waals surface area (Å²) in [6.45, 7) is 3.95. The number of fused-ring (bicyclic) bond motifs is 1. The molecule has 0 saturated heterocycles. The Kier molecular flexibility index (Phi) is 3.05. The molecule has 0 spiro atoms. The van der Waals surface area contributed by atoms with Crippen molar-refractivity contribution in [2.45, 2.75) is 13.8 Å². The summed E-state index contributed by atoms with van der Waals surface area (Å²) in [5, 5.41) is 5.53. The average Bonchev–Trinajstić information content (AvgIpc) is 2.76. The number of rotatable bonds is 2. The van der Waals surface area contributed by atoms with Gasteiger partial charge in [-0.05, 0) is 43.2 Å². The highest BCUT2D eigenvalue weighted by atomic mass is 16.5. The van der Waals surface area contributed by atoms with Crippen molar-refractivity contribution in [1.82, 2.24) is 14.8 Å². The van der Waals surface area contributed by atoms with Crippen molar-refractivity contribution >= 4 is 11.0 Å². The summed E-state index contributed by atoms with van der Waals surface area (Å²) >= 11 is 0. The van der Waals surface area contributed by atoms with E-state index in [1.807, 2.05) is 33.0 Å². The van der Waals surface area contributed by atoms with Crippen LogP contribution in [-0.4, -0.2) is 21.9 Å². The number of nitrogens with zero attached hydrogens (tertiary/aromatic N) is 2. The summed E-state index contributed by atoms with van der Waals surface area (Å²) in [5.41, 5.74) is 4.46. The molecule has 1 N–H and O–H groups in total. The Morgan fingerprint density at radius 3 is 2.67 bits per heavy atom. The minimum absolute atomic E-state index is 0.114. The van der Waals surface area contributed by atoms with Crippen LogP contribution in [0.5, 0.6) is 5.75 Å². The van der Waals surface area contributed by atoms with Gasteiger partial charge in [0.05, 0.1) is 7.11 Å². The molecule has 0 atom stereocenters. The number of pyridine rings is 1. The molecule has 2 heterocycles. The maximum absolute atomic E-state index is 11.6.